The van der Waals surface area contributed by atoms with Crippen molar-refractivity contribution in [1.82, 2.24) is 9.97 Å². The van der Waals surface area contributed by atoms with Crippen LogP contribution in [-0.4, -0.2) is 17.0 Å². The average molecular weight is 339 g/mol. The third-order valence-corrected chi connectivity index (χ3v) is 3.62. The maximum atomic E-state index is 4.53. The van der Waals surface area contributed by atoms with Gasteiger partial charge >= 0.3 is 0 Å². The maximum absolute atomic E-state index is 4.53. The van der Waals surface area contributed by atoms with E-state index in [1.165, 1.54) is 11.1 Å². The predicted molar refractivity (Wildman–Crippen MR) is 79.2 cm³/mol. The molecule has 0 saturated carbocycles. The first-order chi connectivity index (χ1) is 8.13. The van der Waals surface area contributed by atoms with Crippen LogP contribution in [0.3, 0.4) is 0 Å². The predicted octanol–water partition coefficient (Wildman–Crippen LogP) is 3.41. The van der Waals surface area contributed by atoms with Crippen LogP contribution in [0.4, 0.5) is 5.82 Å². The van der Waals surface area contributed by atoms with Crippen LogP contribution in [-0.2, 0) is 0 Å². The molecule has 17 heavy (non-hydrogen) atoms. The summed E-state index contributed by atoms with van der Waals surface area (Å²) in [5, 5.41) is 3.08. The van der Waals surface area contributed by atoms with Gasteiger partial charge in [-0.1, -0.05) is 18.2 Å². The van der Waals surface area contributed by atoms with Crippen molar-refractivity contribution in [3.8, 4) is 11.4 Å². The zero-order chi connectivity index (χ0) is 12.4. The summed E-state index contributed by atoms with van der Waals surface area (Å²) in [4.78, 5) is 8.93. The van der Waals surface area contributed by atoms with Crippen molar-refractivity contribution in [2.75, 3.05) is 12.4 Å². The first kappa shape index (κ1) is 12.3. The number of aromatic nitrogens is 2. The molecule has 0 aliphatic heterocycles. The van der Waals surface area contributed by atoms with Crippen LogP contribution in [0.25, 0.3) is 11.4 Å². The summed E-state index contributed by atoms with van der Waals surface area (Å²) in [5.41, 5.74) is 3.59. The van der Waals surface area contributed by atoms with Crippen LogP contribution in [0.1, 0.15) is 11.1 Å². The number of nitrogens with one attached hydrogen (secondary N) is 1. The summed E-state index contributed by atoms with van der Waals surface area (Å²) in [6.07, 6.45) is 1.84. The van der Waals surface area contributed by atoms with E-state index < -0.39 is 0 Å². The quantitative estimate of drug-likeness (QED) is 0.852. The lowest BCUT2D eigenvalue weighted by Crippen LogP contribution is -2.00. The minimum absolute atomic E-state index is 0.774. The van der Waals surface area contributed by atoms with Gasteiger partial charge in [-0.15, -0.1) is 0 Å². The molecule has 1 heterocycles. The molecule has 0 saturated heterocycles. The average Bonchev–Trinajstić information content (AvgIpc) is 2.34. The van der Waals surface area contributed by atoms with Crippen molar-refractivity contribution in [2.45, 2.75) is 13.8 Å². The molecule has 1 aromatic carbocycles. The summed E-state index contributed by atoms with van der Waals surface area (Å²) < 4.78 is 1.03. The molecular formula is C13H14IN3. The molecule has 0 fully saturated rings. The van der Waals surface area contributed by atoms with Gasteiger partial charge in [0.1, 0.15) is 5.82 Å². The number of aryl methyl sites for hydroxylation is 1. The number of rotatable bonds is 2. The highest BCUT2D eigenvalue weighted by Crippen LogP contribution is 2.24. The van der Waals surface area contributed by atoms with Crippen LogP contribution in [0.5, 0.6) is 0 Å². The molecule has 0 spiro atoms. The van der Waals surface area contributed by atoms with E-state index in [-0.39, 0.29) is 0 Å². The maximum Gasteiger partial charge on any atom is 0.161 e. The monoisotopic (exact) mass is 339 g/mol. The fourth-order valence-corrected chi connectivity index (χ4v) is 2.20. The van der Waals surface area contributed by atoms with Gasteiger partial charge in [0.2, 0.25) is 0 Å². The highest BCUT2D eigenvalue weighted by atomic mass is 127. The van der Waals surface area contributed by atoms with Crippen LogP contribution in [0.15, 0.2) is 24.4 Å². The van der Waals surface area contributed by atoms with E-state index in [0.29, 0.717) is 0 Å². The van der Waals surface area contributed by atoms with E-state index in [1.807, 2.05) is 19.3 Å². The summed E-state index contributed by atoms with van der Waals surface area (Å²) >= 11 is 2.22. The zero-order valence-corrected chi connectivity index (χ0v) is 12.2. The Bertz CT molecular complexity index is 552. The second-order valence-corrected chi connectivity index (χ2v) is 5.05. The molecule has 0 radical (unpaired) electrons. The Balaban J connectivity index is 2.57. The van der Waals surface area contributed by atoms with Gasteiger partial charge in [-0.25, -0.2) is 9.97 Å². The van der Waals surface area contributed by atoms with Gasteiger partial charge in [-0.3, -0.25) is 0 Å². The molecule has 1 N–H and O–H groups in total. The van der Waals surface area contributed by atoms with Crippen LogP contribution in [0.2, 0.25) is 0 Å². The molecular weight excluding hydrogens is 325 g/mol. The number of hydrogen-bond donors (Lipinski definition) is 1. The van der Waals surface area contributed by atoms with E-state index in [1.54, 1.807) is 0 Å². The first-order valence-corrected chi connectivity index (χ1v) is 6.48. The lowest BCUT2D eigenvalue weighted by atomic mass is 10.0. The highest BCUT2D eigenvalue weighted by molar-refractivity contribution is 14.1. The Hall–Kier alpha value is -1.17. The number of hydrogen-bond acceptors (Lipinski definition) is 3. The SMILES string of the molecule is CNc1nc(-c2cccc(C)c2C)ncc1I. The number of benzene rings is 1. The van der Waals surface area contributed by atoms with Crippen molar-refractivity contribution >= 4 is 28.4 Å². The molecule has 0 aliphatic rings. The van der Waals surface area contributed by atoms with E-state index in [9.17, 15) is 0 Å². The zero-order valence-electron chi connectivity index (χ0n) is 10.1. The number of halogens is 1. The minimum atomic E-state index is 0.774. The normalized spacial score (nSPS) is 10.4. The minimum Gasteiger partial charge on any atom is -0.372 e. The summed E-state index contributed by atoms with van der Waals surface area (Å²) in [6, 6.07) is 6.20. The van der Waals surface area contributed by atoms with Gasteiger partial charge in [-0.05, 0) is 47.6 Å². The second-order valence-electron chi connectivity index (χ2n) is 3.89. The lowest BCUT2D eigenvalue weighted by molar-refractivity contribution is 1.14. The molecule has 88 valence electrons. The number of anilines is 1. The van der Waals surface area contributed by atoms with Gasteiger partial charge in [-0.2, -0.15) is 0 Å². The van der Waals surface area contributed by atoms with Gasteiger partial charge in [0, 0.05) is 18.8 Å². The first-order valence-electron chi connectivity index (χ1n) is 5.40. The summed E-state index contributed by atoms with van der Waals surface area (Å²) in [6.45, 7) is 4.20. The largest absolute Gasteiger partial charge is 0.372 e. The smallest absolute Gasteiger partial charge is 0.161 e. The van der Waals surface area contributed by atoms with Crippen LogP contribution in [0, 0.1) is 17.4 Å². The summed E-state index contributed by atoms with van der Waals surface area (Å²) in [5.74, 6) is 1.65. The van der Waals surface area contributed by atoms with E-state index in [4.69, 9.17) is 0 Å². The van der Waals surface area contributed by atoms with Crippen LogP contribution < -0.4 is 5.32 Å². The Kier molecular flexibility index (Phi) is 3.61. The second kappa shape index (κ2) is 5.00. The van der Waals surface area contributed by atoms with Crippen molar-refractivity contribution in [2.24, 2.45) is 0 Å². The molecule has 0 aliphatic carbocycles. The van der Waals surface area contributed by atoms with Crippen molar-refractivity contribution in [3.63, 3.8) is 0 Å². The van der Waals surface area contributed by atoms with E-state index in [0.717, 1.165) is 20.8 Å². The molecule has 2 rings (SSSR count). The fourth-order valence-electron chi connectivity index (χ4n) is 1.67. The van der Waals surface area contributed by atoms with Gasteiger partial charge in [0.05, 0.1) is 3.57 Å². The Morgan fingerprint density at radius 2 is 2.00 bits per heavy atom. The topological polar surface area (TPSA) is 37.8 Å². The Morgan fingerprint density at radius 3 is 2.71 bits per heavy atom. The third-order valence-electron chi connectivity index (χ3n) is 2.83. The van der Waals surface area contributed by atoms with Gasteiger partial charge < -0.3 is 5.32 Å². The third kappa shape index (κ3) is 2.41. The Labute approximate surface area is 115 Å². The number of nitrogens with zero attached hydrogens (tertiary/aromatic N) is 2. The summed E-state index contributed by atoms with van der Waals surface area (Å²) in [7, 11) is 1.87. The van der Waals surface area contributed by atoms with E-state index >= 15 is 0 Å². The molecule has 3 nitrogen and oxygen atoms in total. The lowest BCUT2D eigenvalue weighted by Gasteiger charge is -2.09. The molecule has 1 aromatic heterocycles. The molecule has 0 atom stereocenters. The van der Waals surface area contributed by atoms with Crippen molar-refractivity contribution in [1.29, 1.82) is 0 Å². The van der Waals surface area contributed by atoms with Gasteiger partial charge in [0.25, 0.3) is 0 Å². The van der Waals surface area contributed by atoms with Gasteiger partial charge in [0.15, 0.2) is 5.82 Å². The highest BCUT2D eigenvalue weighted by Gasteiger charge is 2.08. The molecule has 0 unspecified atom stereocenters. The Morgan fingerprint density at radius 1 is 1.24 bits per heavy atom. The fraction of sp³-hybridized carbons (Fsp3) is 0.231. The molecule has 4 heteroatoms. The standard InChI is InChI=1S/C13H14IN3/c1-8-5-4-6-10(9(8)2)12-16-7-11(14)13(15-3)17-12/h4-7H,1-3H3,(H,15,16,17). The van der Waals surface area contributed by atoms with Crippen molar-refractivity contribution in [3.05, 3.63) is 39.1 Å². The molecule has 0 amide bonds. The van der Waals surface area contributed by atoms with Crippen molar-refractivity contribution < 1.29 is 0 Å². The van der Waals surface area contributed by atoms with Crippen LogP contribution >= 0.6 is 22.6 Å². The van der Waals surface area contributed by atoms with E-state index in [2.05, 4.69) is 63.9 Å². The molecule has 2 aromatic rings. The molecule has 0 bridgehead atoms.